The molecule has 0 unspecified atom stereocenters. The molecule has 0 spiro atoms. The molecular formula is C11H20N4S. The van der Waals surface area contributed by atoms with Crippen LogP contribution in [-0.4, -0.2) is 42.1 Å². The van der Waals surface area contributed by atoms with Crippen LogP contribution in [0.3, 0.4) is 0 Å². The first-order valence-corrected chi connectivity index (χ1v) is 5.89. The minimum atomic E-state index is 0.359. The molecule has 1 heterocycles. The third-order valence-electron chi connectivity index (χ3n) is 2.18. The molecule has 0 bridgehead atoms. The molecule has 0 saturated carbocycles. The molecule has 0 radical (unpaired) electrons. The van der Waals surface area contributed by atoms with Crippen LogP contribution >= 0.6 is 12.2 Å². The maximum absolute atomic E-state index is 5.13. The van der Waals surface area contributed by atoms with Gasteiger partial charge in [-0.3, -0.25) is 0 Å². The number of hydrogen-bond acceptors (Lipinski definition) is 4. The Hall–Kier alpha value is -0.940. The Morgan fingerprint density at radius 1 is 1.50 bits per heavy atom. The van der Waals surface area contributed by atoms with Crippen LogP contribution in [0.4, 0.5) is 5.82 Å². The SMILES string of the molecule is CC(C)c1nc(=S)cc(NCCN(C)C)[nH]1. The van der Waals surface area contributed by atoms with Gasteiger partial charge in [0.25, 0.3) is 0 Å². The molecule has 1 aromatic heterocycles. The summed E-state index contributed by atoms with van der Waals surface area (Å²) in [6.07, 6.45) is 0. The van der Waals surface area contributed by atoms with Crippen LogP contribution in [0.1, 0.15) is 25.6 Å². The first-order valence-electron chi connectivity index (χ1n) is 5.49. The molecule has 0 aliphatic heterocycles. The van der Waals surface area contributed by atoms with E-state index in [1.165, 1.54) is 0 Å². The lowest BCUT2D eigenvalue weighted by Gasteiger charge is -2.13. The van der Waals surface area contributed by atoms with Crippen molar-refractivity contribution in [3.05, 3.63) is 16.5 Å². The number of nitrogens with zero attached hydrogens (tertiary/aromatic N) is 2. The van der Waals surface area contributed by atoms with E-state index in [0.717, 1.165) is 24.7 Å². The highest BCUT2D eigenvalue weighted by Gasteiger charge is 2.03. The molecule has 0 amide bonds. The highest BCUT2D eigenvalue weighted by Crippen LogP contribution is 2.11. The van der Waals surface area contributed by atoms with Crippen molar-refractivity contribution in [3.8, 4) is 0 Å². The van der Waals surface area contributed by atoms with Gasteiger partial charge in [-0.2, -0.15) is 0 Å². The summed E-state index contributed by atoms with van der Waals surface area (Å²) in [5.74, 6) is 2.24. The van der Waals surface area contributed by atoms with Crippen LogP contribution in [0.5, 0.6) is 0 Å². The van der Waals surface area contributed by atoms with Crippen molar-refractivity contribution in [1.29, 1.82) is 0 Å². The Balaban J connectivity index is 2.69. The van der Waals surface area contributed by atoms with E-state index in [1.807, 2.05) is 6.07 Å². The molecule has 0 aromatic carbocycles. The molecule has 0 aliphatic rings. The number of likely N-dealkylation sites (N-methyl/N-ethyl adjacent to an activating group) is 1. The van der Waals surface area contributed by atoms with Crippen molar-refractivity contribution in [2.75, 3.05) is 32.5 Å². The molecule has 0 saturated heterocycles. The lowest BCUT2D eigenvalue weighted by molar-refractivity contribution is 0.425. The van der Waals surface area contributed by atoms with Crippen molar-refractivity contribution in [2.45, 2.75) is 19.8 Å². The van der Waals surface area contributed by atoms with Crippen molar-refractivity contribution in [1.82, 2.24) is 14.9 Å². The van der Waals surface area contributed by atoms with E-state index < -0.39 is 0 Å². The number of aromatic nitrogens is 2. The summed E-state index contributed by atoms with van der Waals surface area (Å²) < 4.78 is 0.634. The molecule has 2 N–H and O–H groups in total. The molecule has 90 valence electrons. The summed E-state index contributed by atoms with van der Waals surface area (Å²) in [4.78, 5) is 9.67. The first kappa shape index (κ1) is 13.1. The summed E-state index contributed by atoms with van der Waals surface area (Å²) in [5.41, 5.74) is 0. The zero-order chi connectivity index (χ0) is 12.1. The minimum Gasteiger partial charge on any atom is -0.370 e. The molecule has 0 aliphatic carbocycles. The third kappa shape index (κ3) is 4.28. The number of H-pyrrole nitrogens is 1. The van der Waals surface area contributed by atoms with Gasteiger partial charge in [0.2, 0.25) is 0 Å². The normalized spacial score (nSPS) is 11.1. The highest BCUT2D eigenvalue weighted by atomic mass is 32.1. The molecular weight excluding hydrogens is 220 g/mol. The fourth-order valence-corrected chi connectivity index (χ4v) is 1.48. The maximum atomic E-state index is 5.13. The Kier molecular flexibility index (Phi) is 4.89. The molecule has 1 rings (SSSR count). The van der Waals surface area contributed by atoms with E-state index in [1.54, 1.807) is 0 Å². The van der Waals surface area contributed by atoms with E-state index in [0.29, 0.717) is 10.6 Å². The standard InChI is InChI=1S/C11H20N4S/c1-8(2)11-13-9(7-10(16)14-11)12-5-6-15(3)4/h7-8H,5-6H2,1-4H3,(H2,12,13,14,16). The summed E-state index contributed by atoms with van der Waals surface area (Å²) in [6.45, 7) is 6.06. The number of hydrogen-bond donors (Lipinski definition) is 2. The highest BCUT2D eigenvalue weighted by molar-refractivity contribution is 7.71. The Bertz CT molecular complexity index is 384. The molecule has 5 heteroatoms. The van der Waals surface area contributed by atoms with Crippen molar-refractivity contribution in [2.24, 2.45) is 0 Å². The maximum Gasteiger partial charge on any atom is 0.131 e. The average molecular weight is 240 g/mol. The smallest absolute Gasteiger partial charge is 0.131 e. The minimum absolute atomic E-state index is 0.359. The van der Waals surface area contributed by atoms with Gasteiger partial charge < -0.3 is 15.2 Å². The van der Waals surface area contributed by atoms with Gasteiger partial charge >= 0.3 is 0 Å². The summed E-state index contributed by atoms with van der Waals surface area (Å²) in [5, 5.41) is 3.31. The van der Waals surface area contributed by atoms with Gasteiger partial charge in [0.05, 0.1) is 0 Å². The Morgan fingerprint density at radius 2 is 2.19 bits per heavy atom. The van der Waals surface area contributed by atoms with Gasteiger partial charge in [-0.25, -0.2) is 4.98 Å². The Labute approximate surface area is 102 Å². The third-order valence-corrected chi connectivity index (χ3v) is 2.39. The fraction of sp³-hybridized carbons (Fsp3) is 0.636. The van der Waals surface area contributed by atoms with Crippen molar-refractivity contribution >= 4 is 18.0 Å². The van der Waals surface area contributed by atoms with Crippen LogP contribution in [0.15, 0.2) is 6.07 Å². The summed E-state index contributed by atoms with van der Waals surface area (Å²) >= 11 is 5.13. The monoisotopic (exact) mass is 240 g/mol. The molecule has 0 fully saturated rings. The summed E-state index contributed by atoms with van der Waals surface area (Å²) in [6, 6.07) is 1.86. The second-order valence-corrected chi connectivity index (χ2v) is 4.82. The van der Waals surface area contributed by atoms with Crippen LogP contribution in [-0.2, 0) is 0 Å². The zero-order valence-corrected chi connectivity index (χ0v) is 11.2. The molecule has 1 aromatic rings. The van der Waals surface area contributed by atoms with Gasteiger partial charge in [-0.05, 0) is 14.1 Å². The van der Waals surface area contributed by atoms with E-state index in [2.05, 4.69) is 48.1 Å². The van der Waals surface area contributed by atoms with Crippen molar-refractivity contribution in [3.63, 3.8) is 0 Å². The molecule has 4 nitrogen and oxygen atoms in total. The van der Waals surface area contributed by atoms with E-state index >= 15 is 0 Å². The van der Waals surface area contributed by atoms with Crippen molar-refractivity contribution < 1.29 is 0 Å². The largest absolute Gasteiger partial charge is 0.370 e. The van der Waals surface area contributed by atoms with E-state index in [-0.39, 0.29) is 0 Å². The fourth-order valence-electron chi connectivity index (χ4n) is 1.26. The van der Waals surface area contributed by atoms with Crippen LogP contribution < -0.4 is 5.32 Å². The van der Waals surface area contributed by atoms with Gasteiger partial charge in [0.15, 0.2) is 0 Å². The number of nitrogens with one attached hydrogen (secondary N) is 2. The Morgan fingerprint density at radius 3 is 2.75 bits per heavy atom. The first-order chi connectivity index (χ1) is 7.49. The van der Waals surface area contributed by atoms with Crippen LogP contribution in [0.25, 0.3) is 0 Å². The van der Waals surface area contributed by atoms with Crippen LogP contribution in [0.2, 0.25) is 0 Å². The predicted octanol–water partition coefficient (Wildman–Crippen LogP) is 2.24. The molecule has 16 heavy (non-hydrogen) atoms. The topological polar surface area (TPSA) is 44.0 Å². The van der Waals surface area contributed by atoms with E-state index in [4.69, 9.17) is 12.2 Å². The predicted molar refractivity (Wildman–Crippen MR) is 70.6 cm³/mol. The van der Waals surface area contributed by atoms with E-state index in [9.17, 15) is 0 Å². The van der Waals surface area contributed by atoms with Crippen LogP contribution in [0, 0.1) is 4.64 Å². The van der Waals surface area contributed by atoms with Gasteiger partial charge in [0, 0.05) is 25.1 Å². The average Bonchev–Trinajstić information content (AvgIpc) is 2.16. The second kappa shape index (κ2) is 5.96. The quantitative estimate of drug-likeness (QED) is 0.775. The number of rotatable bonds is 5. The summed E-state index contributed by atoms with van der Waals surface area (Å²) in [7, 11) is 4.10. The van der Waals surface area contributed by atoms with Gasteiger partial charge in [-0.15, -0.1) is 0 Å². The lowest BCUT2D eigenvalue weighted by atomic mass is 10.2. The lowest BCUT2D eigenvalue weighted by Crippen LogP contribution is -2.21. The second-order valence-electron chi connectivity index (χ2n) is 4.40. The molecule has 0 atom stereocenters. The zero-order valence-electron chi connectivity index (χ0n) is 10.4. The number of aromatic amines is 1. The van der Waals surface area contributed by atoms with Gasteiger partial charge in [0.1, 0.15) is 16.3 Å². The van der Waals surface area contributed by atoms with Gasteiger partial charge in [-0.1, -0.05) is 26.1 Å². The number of anilines is 1.